The van der Waals surface area contributed by atoms with Crippen LogP contribution in [0.2, 0.25) is 0 Å². The molecule has 0 fully saturated rings. The van der Waals surface area contributed by atoms with E-state index in [1.54, 1.807) is 30.1 Å². The van der Waals surface area contributed by atoms with Gasteiger partial charge < -0.3 is 5.32 Å². The molecule has 1 N–H and O–H groups in total. The molecule has 0 unspecified atom stereocenters. The number of amides is 2. The van der Waals surface area contributed by atoms with Gasteiger partial charge in [-0.2, -0.15) is 0 Å². The lowest BCUT2D eigenvalue weighted by Crippen LogP contribution is -2.26. The average molecular weight is 371 g/mol. The number of benzene rings is 1. The van der Waals surface area contributed by atoms with Crippen LogP contribution in [-0.4, -0.2) is 23.8 Å². The van der Waals surface area contributed by atoms with Crippen LogP contribution in [-0.2, 0) is 6.54 Å². The average Bonchev–Trinajstić information content (AvgIpc) is 3.30. The van der Waals surface area contributed by atoms with Crippen LogP contribution in [0.25, 0.3) is 0 Å². The van der Waals surface area contributed by atoms with Gasteiger partial charge in [-0.25, -0.2) is 4.98 Å². The van der Waals surface area contributed by atoms with Crippen LogP contribution in [0.5, 0.6) is 0 Å². The van der Waals surface area contributed by atoms with Gasteiger partial charge in [0, 0.05) is 24.5 Å². The van der Waals surface area contributed by atoms with Crippen LogP contribution < -0.4 is 10.2 Å². The van der Waals surface area contributed by atoms with Gasteiger partial charge in [0.2, 0.25) is 0 Å². The van der Waals surface area contributed by atoms with Gasteiger partial charge in [0.05, 0.1) is 10.6 Å². The van der Waals surface area contributed by atoms with E-state index in [-0.39, 0.29) is 11.8 Å². The number of hydrogen-bond acceptors (Lipinski definition) is 5. The Kier molecular flexibility index (Phi) is 5.25. The minimum atomic E-state index is -0.108. The quantitative estimate of drug-likeness (QED) is 0.743. The predicted molar refractivity (Wildman–Crippen MR) is 102 cm³/mol. The van der Waals surface area contributed by atoms with E-state index >= 15 is 0 Å². The number of aryl methyl sites for hydroxylation is 1. The number of hydrogen-bond donors (Lipinski definition) is 1. The first-order valence-electron chi connectivity index (χ1n) is 7.65. The van der Waals surface area contributed by atoms with Gasteiger partial charge >= 0.3 is 0 Å². The molecular formula is C18H17N3O2S2. The Hall–Kier alpha value is -2.51. The van der Waals surface area contributed by atoms with Crippen molar-refractivity contribution in [2.45, 2.75) is 13.5 Å². The molecule has 5 nitrogen and oxygen atoms in total. The topological polar surface area (TPSA) is 62.3 Å². The summed E-state index contributed by atoms with van der Waals surface area (Å²) >= 11 is 2.85. The third kappa shape index (κ3) is 4.12. The summed E-state index contributed by atoms with van der Waals surface area (Å²) in [6.07, 6.45) is 0. The molecule has 0 aliphatic heterocycles. The summed E-state index contributed by atoms with van der Waals surface area (Å²) in [6.45, 7) is 2.32. The highest BCUT2D eigenvalue weighted by atomic mass is 32.1. The van der Waals surface area contributed by atoms with E-state index < -0.39 is 0 Å². The van der Waals surface area contributed by atoms with Gasteiger partial charge in [0.15, 0.2) is 5.13 Å². The molecule has 7 heteroatoms. The highest BCUT2D eigenvalue weighted by Crippen LogP contribution is 2.20. The molecule has 3 aromatic rings. The fourth-order valence-electron chi connectivity index (χ4n) is 2.22. The van der Waals surface area contributed by atoms with Crippen LogP contribution in [0.4, 0.5) is 5.13 Å². The molecule has 0 atom stereocenters. The van der Waals surface area contributed by atoms with Crippen molar-refractivity contribution in [3.63, 3.8) is 0 Å². The molecule has 0 aliphatic rings. The fourth-order valence-corrected chi connectivity index (χ4v) is 3.62. The summed E-state index contributed by atoms with van der Waals surface area (Å²) < 4.78 is 0. The van der Waals surface area contributed by atoms with Gasteiger partial charge in [0.25, 0.3) is 11.8 Å². The lowest BCUT2D eigenvalue weighted by molar-refractivity contribution is 0.0953. The first kappa shape index (κ1) is 17.3. The van der Waals surface area contributed by atoms with Crippen molar-refractivity contribution in [2.75, 3.05) is 11.9 Å². The predicted octanol–water partition coefficient (Wildman–Crippen LogP) is 3.72. The molecule has 128 valence electrons. The van der Waals surface area contributed by atoms with Gasteiger partial charge in [-0.1, -0.05) is 18.2 Å². The Bertz CT molecular complexity index is 870. The summed E-state index contributed by atoms with van der Waals surface area (Å²) in [6, 6.07) is 10.9. The fraction of sp³-hybridized carbons (Fsp3) is 0.167. The summed E-state index contributed by atoms with van der Waals surface area (Å²) in [7, 11) is 1.72. The van der Waals surface area contributed by atoms with Gasteiger partial charge in [-0.15, -0.1) is 22.7 Å². The van der Waals surface area contributed by atoms with E-state index in [0.717, 1.165) is 11.3 Å². The van der Waals surface area contributed by atoms with Crippen molar-refractivity contribution in [1.29, 1.82) is 0 Å². The number of aromatic nitrogens is 1. The second-order valence-corrected chi connectivity index (χ2v) is 7.28. The number of carbonyl (C=O) groups excluding carboxylic acids is 2. The van der Waals surface area contributed by atoms with E-state index in [9.17, 15) is 9.59 Å². The Morgan fingerprint density at radius 2 is 1.92 bits per heavy atom. The number of rotatable bonds is 5. The van der Waals surface area contributed by atoms with Gasteiger partial charge in [0.1, 0.15) is 0 Å². The SMILES string of the molecule is Cc1csc(N(C)C(=O)c2ccc(CNC(=O)c3cccs3)cc2)n1. The molecule has 3 rings (SSSR count). The Morgan fingerprint density at radius 1 is 1.16 bits per heavy atom. The number of thiophene rings is 1. The van der Waals surface area contributed by atoms with Crippen LogP contribution >= 0.6 is 22.7 Å². The number of nitrogens with one attached hydrogen (secondary N) is 1. The van der Waals surface area contributed by atoms with Crippen LogP contribution in [0.3, 0.4) is 0 Å². The Morgan fingerprint density at radius 3 is 2.52 bits per heavy atom. The zero-order valence-electron chi connectivity index (χ0n) is 13.9. The number of thiazole rings is 1. The lowest BCUT2D eigenvalue weighted by Gasteiger charge is -2.14. The lowest BCUT2D eigenvalue weighted by atomic mass is 10.1. The van der Waals surface area contributed by atoms with Gasteiger partial charge in [-0.05, 0) is 36.1 Å². The van der Waals surface area contributed by atoms with Crippen molar-refractivity contribution in [2.24, 2.45) is 0 Å². The zero-order chi connectivity index (χ0) is 17.8. The number of carbonyl (C=O) groups is 2. The molecular weight excluding hydrogens is 354 g/mol. The van der Waals surface area contributed by atoms with Crippen molar-refractivity contribution >= 4 is 39.6 Å². The van der Waals surface area contributed by atoms with E-state index in [4.69, 9.17) is 0 Å². The van der Waals surface area contributed by atoms with Crippen molar-refractivity contribution < 1.29 is 9.59 Å². The van der Waals surface area contributed by atoms with Crippen molar-refractivity contribution in [3.05, 3.63) is 68.9 Å². The molecule has 1 aromatic carbocycles. The highest BCUT2D eigenvalue weighted by molar-refractivity contribution is 7.14. The maximum Gasteiger partial charge on any atom is 0.261 e. The van der Waals surface area contributed by atoms with E-state index in [2.05, 4.69) is 10.3 Å². The molecule has 25 heavy (non-hydrogen) atoms. The smallest absolute Gasteiger partial charge is 0.261 e. The third-order valence-corrected chi connectivity index (χ3v) is 5.50. The maximum atomic E-state index is 12.5. The number of anilines is 1. The second-order valence-electron chi connectivity index (χ2n) is 5.49. The molecule has 0 spiro atoms. The summed E-state index contributed by atoms with van der Waals surface area (Å²) in [5.41, 5.74) is 2.43. The van der Waals surface area contributed by atoms with Crippen LogP contribution in [0.1, 0.15) is 31.3 Å². The normalized spacial score (nSPS) is 10.5. The highest BCUT2D eigenvalue weighted by Gasteiger charge is 2.16. The third-order valence-electron chi connectivity index (χ3n) is 3.60. The first-order chi connectivity index (χ1) is 12.0. The monoisotopic (exact) mass is 371 g/mol. The molecule has 0 saturated heterocycles. The maximum absolute atomic E-state index is 12.5. The number of nitrogens with zero attached hydrogens (tertiary/aromatic N) is 2. The van der Waals surface area contributed by atoms with E-state index in [1.807, 2.05) is 35.9 Å². The molecule has 0 aliphatic carbocycles. The largest absolute Gasteiger partial charge is 0.347 e. The first-order valence-corrected chi connectivity index (χ1v) is 9.41. The Labute approximate surface area is 154 Å². The second kappa shape index (κ2) is 7.58. The summed E-state index contributed by atoms with van der Waals surface area (Å²) in [5, 5.41) is 7.33. The van der Waals surface area contributed by atoms with Crippen LogP contribution in [0.15, 0.2) is 47.2 Å². The van der Waals surface area contributed by atoms with E-state index in [0.29, 0.717) is 22.1 Å². The molecule has 2 amide bonds. The molecule has 0 bridgehead atoms. The Balaban J connectivity index is 1.61. The molecule has 0 radical (unpaired) electrons. The minimum absolute atomic E-state index is 0.0889. The van der Waals surface area contributed by atoms with Crippen LogP contribution in [0, 0.1) is 6.92 Å². The molecule has 2 heterocycles. The molecule has 0 saturated carbocycles. The molecule has 2 aromatic heterocycles. The zero-order valence-corrected chi connectivity index (χ0v) is 15.5. The van der Waals surface area contributed by atoms with Crippen molar-refractivity contribution in [1.82, 2.24) is 10.3 Å². The van der Waals surface area contributed by atoms with E-state index in [1.165, 1.54) is 22.7 Å². The summed E-state index contributed by atoms with van der Waals surface area (Å²) in [4.78, 5) is 31.0. The summed E-state index contributed by atoms with van der Waals surface area (Å²) in [5.74, 6) is -0.197. The minimum Gasteiger partial charge on any atom is -0.347 e. The van der Waals surface area contributed by atoms with Gasteiger partial charge in [-0.3, -0.25) is 14.5 Å². The standard InChI is InChI=1S/C18H17N3O2S2/c1-12-11-25-18(20-12)21(2)17(23)14-7-5-13(6-8-14)10-19-16(22)15-4-3-9-24-15/h3-9,11H,10H2,1-2H3,(H,19,22). The van der Waals surface area contributed by atoms with Crippen molar-refractivity contribution in [3.8, 4) is 0 Å².